The van der Waals surface area contributed by atoms with E-state index in [2.05, 4.69) is 48.6 Å². The van der Waals surface area contributed by atoms with Crippen molar-refractivity contribution < 1.29 is 14.7 Å². The number of benzene rings is 1. The zero-order valence-corrected chi connectivity index (χ0v) is 20.6. The number of hydrogen-bond donors (Lipinski definition) is 1. The summed E-state index contributed by atoms with van der Waals surface area (Å²) in [5, 5.41) is 10.1. The summed E-state index contributed by atoms with van der Waals surface area (Å²) in [6.45, 7) is 3.78. The zero-order chi connectivity index (χ0) is 23.0. The molecule has 0 unspecified atom stereocenters. The second-order valence-electron chi connectivity index (χ2n) is 9.75. The summed E-state index contributed by atoms with van der Waals surface area (Å²) in [5.74, 6) is 3.30. The second-order valence-corrected chi connectivity index (χ2v) is 10.9. The first-order chi connectivity index (χ1) is 15.4. The first-order valence-corrected chi connectivity index (χ1v) is 13.1. The molecule has 0 saturated carbocycles. The van der Waals surface area contributed by atoms with Crippen molar-refractivity contribution in [3.05, 3.63) is 54.1 Å². The highest BCUT2D eigenvalue weighted by molar-refractivity contribution is 7.99. The molecule has 2 aliphatic rings. The minimum atomic E-state index is -0.544. The number of fused-ring (bicyclic) bond motifs is 2. The van der Waals surface area contributed by atoms with E-state index in [9.17, 15) is 10.0 Å². The lowest BCUT2D eigenvalue weighted by Gasteiger charge is -2.27. The largest absolute Gasteiger partial charge is 0.374 e. The van der Waals surface area contributed by atoms with Gasteiger partial charge in [0.1, 0.15) is 0 Å². The SMILES string of the molecule is CN(O)C(=O)C(C)(C)CCC=CC[C@H]1[C@@H](CCSCC=Cc2ccccc2)[C@H]2CC[C@@H]1O2. The van der Waals surface area contributed by atoms with Crippen LogP contribution in [0.2, 0.25) is 0 Å². The van der Waals surface area contributed by atoms with Crippen molar-refractivity contribution in [2.45, 2.75) is 64.6 Å². The molecule has 2 aliphatic heterocycles. The van der Waals surface area contributed by atoms with E-state index < -0.39 is 5.41 Å². The minimum absolute atomic E-state index is 0.233. The van der Waals surface area contributed by atoms with Gasteiger partial charge in [0.25, 0.3) is 5.91 Å². The van der Waals surface area contributed by atoms with Crippen LogP contribution in [0.4, 0.5) is 0 Å². The summed E-state index contributed by atoms with van der Waals surface area (Å²) in [4.78, 5) is 12.0. The Kier molecular flexibility index (Phi) is 9.45. The highest BCUT2D eigenvalue weighted by Gasteiger charge is 2.47. The van der Waals surface area contributed by atoms with Crippen molar-refractivity contribution in [2.24, 2.45) is 17.3 Å². The molecule has 0 radical (unpaired) electrons. The van der Waals surface area contributed by atoms with Crippen molar-refractivity contribution in [3.63, 3.8) is 0 Å². The number of hydroxylamine groups is 2. The van der Waals surface area contributed by atoms with Crippen LogP contribution >= 0.6 is 11.8 Å². The molecular formula is C27H39NO3S. The monoisotopic (exact) mass is 457 g/mol. The highest BCUT2D eigenvalue weighted by Crippen LogP contribution is 2.47. The van der Waals surface area contributed by atoms with Crippen molar-refractivity contribution in [1.82, 2.24) is 5.06 Å². The minimum Gasteiger partial charge on any atom is -0.374 e. The predicted octanol–water partition coefficient (Wildman–Crippen LogP) is 6.22. The number of allylic oxidation sites excluding steroid dienone is 2. The van der Waals surface area contributed by atoms with E-state index >= 15 is 0 Å². The lowest BCUT2D eigenvalue weighted by molar-refractivity contribution is -0.169. The van der Waals surface area contributed by atoms with Gasteiger partial charge in [0.2, 0.25) is 0 Å². The van der Waals surface area contributed by atoms with Gasteiger partial charge in [-0.05, 0) is 61.7 Å². The van der Waals surface area contributed by atoms with Gasteiger partial charge < -0.3 is 4.74 Å². The number of ether oxygens (including phenoxy) is 1. The summed E-state index contributed by atoms with van der Waals surface area (Å²) in [6.07, 6.45) is 16.2. The van der Waals surface area contributed by atoms with E-state index in [0.717, 1.165) is 25.0 Å². The first-order valence-electron chi connectivity index (χ1n) is 12.0. The van der Waals surface area contributed by atoms with E-state index in [1.54, 1.807) is 0 Å². The van der Waals surface area contributed by atoms with Crippen molar-refractivity contribution >= 4 is 23.7 Å². The standard InChI is InChI=1S/C27H39NO3S/c1-27(2,26(29)28(3)30)18-9-5-8-14-22-23(25-16-15-24(22)31-25)17-20-32-19-10-13-21-11-6-4-7-12-21/h4-8,10-13,22-25,30H,9,14-20H2,1-3H3/t22-,23+,24-,25+/m0/s1. The second kappa shape index (κ2) is 12.1. The summed E-state index contributed by atoms with van der Waals surface area (Å²) in [7, 11) is 1.40. The number of amides is 1. The quantitative estimate of drug-likeness (QED) is 0.175. The van der Waals surface area contributed by atoms with Crippen LogP contribution < -0.4 is 0 Å². The molecule has 0 aromatic heterocycles. The molecule has 1 aromatic rings. The fourth-order valence-corrected chi connectivity index (χ4v) is 5.91. The highest BCUT2D eigenvalue weighted by atomic mass is 32.2. The van der Waals surface area contributed by atoms with Crippen LogP contribution in [0.5, 0.6) is 0 Å². The van der Waals surface area contributed by atoms with Crippen molar-refractivity contribution in [3.8, 4) is 0 Å². The Bertz CT molecular complexity index is 774. The Hall–Kier alpha value is -1.56. The van der Waals surface area contributed by atoms with Gasteiger partial charge in [-0.25, -0.2) is 5.06 Å². The van der Waals surface area contributed by atoms with Gasteiger partial charge in [0.15, 0.2) is 0 Å². The Morgan fingerprint density at radius 1 is 1.16 bits per heavy atom. The topological polar surface area (TPSA) is 49.8 Å². The summed E-state index contributed by atoms with van der Waals surface area (Å²) >= 11 is 2.01. The van der Waals surface area contributed by atoms with Crippen LogP contribution in [0.3, 0.4) is 0 Å². The van der Waals surface area contributed by atoms with Gasteiger partial charge in [0, 0.05) is 18.2 Å². The van der Waals surface area contributed by atoms with E-state index in [-0.39, 0.29) is 5.91 Å². The number of nitrogens with zero attached hydrogens (tertiary/aromatic N) is 1. The van der Waals surface area contributed by atoms with Crippen LogP contribution in [-0.4, -0.2) is 46.9 Å². The molecule has 5 heteroatoms. The Labute approximate surface area is 198 Å². The molecule has 4 atom stereocenters. The average molecular weight is 458 g/mol. The average Bonchev–Trinajstić information content (AvgIpc) is 3.38. The van der Waals surface area contributed by atoms with Crippen molar-refractivity contribution in [1.29, 1.82) is 0 Å². The first kappa shape index (κ1) is 25.1. The van der Waals surface area contributed by atoms with Gasteiger partial charge in [0.05, 0.1) is 12.2 Å². The molecule has 0 spiro atoms. The maximum atomic E-state index is 12.0. The normalized spacial score (nSPS) is 25.2. The van der Waals surface area contributed by atoms with E-state index in [0.29, 0.717) is 29.1 Å². The van der Waals surface area contributed by atoms with Crippen molar-refractivity contribution in [2.75, 3.05) is 18.6 Å². The molecule has 3 rings (SSSR count). The van der Waals surface area contributed by atoms with Gasteiger partial charge >= 0.3 is 0 Å². The third-order valence-electron chi connectivity index (χ3n) is 6.89. The van der Waals surface area contributed by atoms with E-state index in [4.69, 9.17) is 4.74 Å². The molecule has 176 valence electrons. The third kappa shape index (κ3) is 6.97. The number of thioether (sulfide) groups is 1. The van der Waals surface area contributed by atoms with Crippen LogP contribution in [0.15, 0.2) is 48.6 Å². The molecule has 2 bridgehead atoms. The Balaban J connectivity index is 1.38. The molecule has 32 heavy (non-hydrogen) atoms. The van der Waals surface area contributed by atoms with E-state index in [1.807, 2.05) is 31.7 Å². The van der Waals surface area contributed by atoms with Gasteiger partial charge in [-0.1, -0.05) is 68.5 Å². The molecule has 2 heterocycles. The molecule has 1 amide bonds. The molecule has 1 aromatic carbocycles. The molecule has 4 nitrogen and oxygen atoms in total. The molecule has 2 saturated heterocycles. The lowest BCUT2D eigenvalue weighted by Crippen LogP contribution is -2.36. The maximum Gasteiger partial charge on any atom is 0.251 e. The Morgan fingerprint density at radius 3 is 2.59 bits per heavy atom. The number of carbonyl (C=O) groups is 1. The molecule has 1 N–H and O–H groups in total. The molecular weight excluding hydrogens is 418 g/mol. The number of rotatable bonds is 12. The number of carbonyl (C=O) groups excluding carboxylic acids is 1. The summed E-state index contributed by atoms with van der Waals surface area (Å²) < 4.78 is 6.27. The van der Waals surface area contributed by atoms with Crippen LogP contribution in [0.25, 0.3) is 6.08 Å². The predicted molar refractivity (Wildman–Crippen MR) is 134 cm³/mol. The smallest absolute Gasteiger partial charge is 0.251 e. The van der Waals surface area contributed by atoms with Gasteiger partial charge in [-0.15, -0.1) is 0 Å². The molecule has 2 fully saturated rings. The zero-order valence-electron chi connectivity index (χ0n) is 19.8. The van der Waals surface area contributed by atoms with Gasteiger partial charge in [-0.2, -0.15) is 11.8 Å². The lowest BCUT2D eigenvalue weighted by atomic mass is 9.76. The van der Waals surface area contributed by atoms with E-state index in [1.165, 1.54) is 37.6 Å². The van der Waals surface area contributed by atoms with Crippen LogP contribution in [-0.2, 0) is 9.53 Å². The molecule has 0 aliphatic carbocycles. The van der Waals surface area contributed by atoms with Crippen LogP contribution in [0.1, 0.15) is 57.9 Å². The Morgan fingerprint density at radius 2 is 1.88 bits per heavy atom. The fraction of sp³-hybridized carbons (Fsp3) is 0.593. The number of hydrogen-bond acceptors (Lipinski definition) is 4. The summed E-state index contributed by atoms with van der Waals surface area (Å²) in [6, 6.07) is 10.5. The third-order valence-corrected chi connectivity index (χ3v) is 7.85. The maximum absolute atomic E-state index is 12.0. The fourth-order valence-electron chi connectivity index (χ4n) is 5.08. The van der Waals surface area contributed by atoms with Crippen LogP contribution in [0, 0.1) is 17.3 Å². The van der Waals surface area contributed by atoms with Gasteiger partial charge in [-0.3, -0.25) is 10.0 Å². The summed E-state index contributed by atoms with van der Waals surface area (Å²) in [5.41, 5.74) is 0.718.